The Bertz CT molecular complexity index is 1330. The summed E-state index contributed by atoms with van der Waals surface area (Å²) in [7, 11) is 3.19. The summed E-state index contributed by atoms with van der Waals surface area (Å²) in [5, 5.41) is 0.530. The van der Waals surface area contributed by atoms with Crippen LogP contribution in [-0.4, -0.2) is 36.9 Å². The van der Waals surface area contributed by atoms with Gasteiger partial charge in [-0.25, -0.2) is 4.98 Å². The van der Waals surface area contributed by atoms with Crippen LogP contribution in [0.2, 0.25) is 0 Å². The van der Waals surface area contributed by atoms with Gasteiger partial charge in [-0.3, -0.25) is 14.7 Å². The second kappa shape index (κ2) is 9.40. The third-order valence-electron chi connectivity index (χ3n) is 5.27. The fourth-order valence-electron chi connectivity index (χ4n) is 3.58. The molecule has 0 unspecified atom stereocenters. The van der Waals surface area contributed by atoms with Crippen molar-refractivity contribution >= 4 is 38.7 Å². The summed E-state index contributed by atoms with van der Waals surface area (Å²) in [5.41, 5.74) is 2.35. The lowest BCUT2D eigenvalue weighted by molar-refractivity contribution is -0.114. The molecular weight excluding hydrogens is 454 g/mol. The summed E-state index contributed by atoms with van der Waals surface area (Å²) in [6.07, 6.45) is 6.70. The van der Waals surface area contributed by atoms with E-state index in [1.54, 1.807) is 43.7 Å². The number of hydrogen-bond acceptors (Lipinski definition) is 8. The van der Waals surface area contributed by atoms with E-state index in [0.29, 0.717) is 40.2 Å². The van der Waals surface area contributed by atoms with Crippen LogP contribution in [0.3, 0.4) is 0 Å². The maximum atomic E-state index is 13.4. The van der Waals surface area contributed by atoms with E-state index in [0.717, 1.165) is 15.8 Å². The van der Waals surface area contributed by atoms with E-state index in [1.807, 2.05) is 36.4 Å². The zero-order valence-electron chi connectivity index (χ0n) is 18.6. The number of hydrogen-bond donors (Lipinski definition) is 0. The Kier molecular flexibility index (Phi) is 6.01. The summed E-state index contributed by atoms with van der Waals surface area (Å²) in [6.45, 7) is 0.507. The topological polar surface area (TPSA) is 83.0 Å². The normalized spacial score (nSPS) is 12.3. The van der Waals surface area contributed by atoms with E-state index in [2.05, 4.69) is 4.98 Å². The van der Waals surface area contributed by atoms with Crippen molar-refractivity contribution in [3.63, 3.8) is 0 Å². The number of benzene rings is 2. The zero-order chi connectivity index (χ0) is 23.5. The van der Waals surface area contributed by atoms with E-state index in [-0.39, 0.29) is 12.7 Å². The molecule has 0 N–H and O–H groups in total. The standard InChI is InChI=1S/C25H21N3O5S/c1-30-19-8-9-20(31-2)24-23(19)27-25(34-24)28(14-17-4-3-11-26-13-17)22(29)10-6-16-5-7-18-21(12-16)33-15-32-18/h3-13H,14-15H2,1-2H3/b10-6+. The van der Waals surface area contributed by atoms with Crippen molar-refractivity contribution in [2.45, 2.75) is 6.54 Å². The number of ether oxygens (including phenoxy) is 4. The lowest BCUT2D eigenvalue weighted by Gasteiger charge is -2.18. The lowest BCUT2D eigenvalue weighted by Crippen LogP contribution is -2.28. The molecule has 2 aromatic heterocycles. The number of nitrogens with zero attached hydrogens (tertiary/aromatic N) is 3. The predicted molar refractivity (Wildman–Crippen MR) is 130 cm³/mol. The van der Waals surface area contributed by atoms with E-state index >= 15 is 0 Å². The van der Waals surface area contributed by atoms with E-state index in [4.69, 9.17) is 23.9 Å². The summed E-state index contributed by atoms with van der Waals surface area (Å²) < 4.78 is 22.6. The zero-order valence-corrected chi connectivity index (χ0v) is 19.4. The molecule has 9 heteroatoms. The van der Waals surface area contributed by atoms with Crippen LogP contribution in [0.1, 0.15) is 11.1 Å². The molecule has 2 aromatic carbocycles. The average Bonchev–Trinajstić information content (AvgIpc) is 3.53. The first-order chi connectivity index (χ1) is 16.7. The van der Waals surface area contributed by atoms with Crippen molar-refractivity contribution in [1.82, 2.24) is 9.97 Å². The van der Waals surface area contributed by atoms with Gasteiger partial charge in [-0.2, -0.15) is 0 Å². The maximum Gasteiger partial charge on any atom is 0.253 e. The van der Waals surface area contributed by atoms with Crippen molar-refractivity contribution in [3.8, 4) is 23.0 Å². The van der Waals surface area contributed by atoms with Crippen molar-refractivity contribution in [2.75, 3.05) is 25.9 Å². The van der Waals surface area contributed by atoms with Gasteiger partial charge in [0.2, 0.25) is 6.79 Å². The average molecular weight is 476 g/mol. The molecule has 0 bridgehead atoms. The highest BCUT2D eigenvalue weighted by Crippen LogP contribution is 2.40. The number of methoxy groups -OCH3 is 2. The molecule has 4 aromatic rings. The van der Waals surface area contributed by atoms with Crippen LogP contribution in [0.15, 0.2) is 60.9 Å². The van der Waals surface area contributed by atoms with Gasteiger partial charge in [-0.1, -0.05) is 23.5 Å². The van der Waals surface area contributed by atoms with E-state index in [1.165, 1.54) is 17.4 Å². The number of rotatable bonds is 7. The van der Waals surface area contributed by atoms with Crippen LogP contribution in [0.5, 0.6) is 23.0 Å². The molecule has 5 rings (SSSR count). The monoisotopic (exact) mass is 475 g/mol. The number of fused-ring (bicyclic) bond motifs is 2. The second-order valence-electron chi connectivity index (χ2n) is 7.38. The fraction of sp³-hybridized carbons (Fsp3) is 0.160. The van der Waals surface area contributed by atoms with Gasteiger partial charge in [-0.15, -0.1) is 0 Å². The molecule has 0 saturated carbocycles. The molecule has 0 radical (unpaired) electrons. The highest BCUT2D eigenvalue weighted by molar-refractivity contribution is 7.22. The van der Waals surface area contributed by atoms with Crippen LogP contribution in [0.25, 0.3) is 16.3 Å². The molecule has 0 aliphatic carbocycles. The Morgan fingerprint density at radius 3 is 2.74 bits per heavy atom. The lowest BCUT2D eigenvalue weighted by atomic mass is 10.2. The Morgan fingerprint density at radius 1 is 1.12 bits per heavy atom. The summed E-state index contributed by atoms with van der Waals surface area (Å²) >= 11 is 1.37. The number of carbonyl (C=O) groups excluding carboxylic acids is 1. The summed E-state index contributed by atoms with van der Waals surface area (Å²) in [5.74, 6) is 2.41. The van der Waals surface area contributed by atoms with Crippen molar-refractivity contribution < 1.29 is 23.7 Å². The van der Waals surface area contributed by atoms with E-state index < -0.39 is 0 Å². The van der Waals surface area contributed by atoms with Crippen molar-refractivity contribution in [1.29, 1.82) is 0 Å². The first kappa shape index (κ1) is 21.7. The molecule has 0 spiro atoms. The molecule has 0 fully saturated rings. The smallest absolute Gasteiger partial charge is 0.253 e. The third-order valence-corrected chi connectivity index (χ3v) is 6.37. The molecule has 8 nitrogen and oxygen atoms in total. The summed E-state index contributed by atoms with van der Waals surface area (Å²) in [4.78, 5) is 23.9. The molecule has 1 aliphatic heterocycles. The Labute approximate surface area is 200 Å². The van der Waals surface area contributed by atoms with Crippen molar-refractivity contribution in [2.24, 2.45) is 0 Å². The van der Waals surface area contributed by atoms with Crippen LogP contribution in [0.4, 0.5) is 5.13 Å². The predicted octanol–water partition coefficient (Wildman–Crippen LogP) is 4.68. The van der Waals surface area contributed by atoms with Gasteiger partial charge >= 0.3 is 0 Å². The van der Waals surface area contributed by atoms with Gasteiger partial charge in [0, 0.05) is 18.5 Å². The van der Waals surface area contributed by atoms with Gasteiger partial charge in [0.1, 0.15) is 21.7 Å². The Hall–Kier alpha value is -4.11. The number of carbonyl (C=O) groups is 1. The maximum absolute atomic E-state index is 13.4. The number of thiazole rings is 1. The number of pyridine rings is 1. The highest BCUT2D eigenvalue weighted by atomic mass is 32.1. The fourth-order valence-corrected chi connectivity index (χ4v) is 4.66. The van der Waals surface area contributed by atoms with E-state index in [9.17, 15) is 4.79 Å². The molecule has 1 aliphatic rings. The highest BCUT2D eigenvalue weighted by Gasteiger charge is 2.22. The van der Waals surface area contributed by atoms with Gasteiger partial charge in [0.05, 0.1) is 20.8 Å². The number of anilines is 1. The molecule has 3 heterocycles. The molecule has 172 valence electrons. The number of aromatic nitrogens is 2. The SMILES string of the molecule is COc1ccc(OC)c2sc(N(Cc3cccnc3)C(=O)/C=C/c3ccc4c(c3)OCO4)nc12. The quantitative estimate of drug-likeness (QED) is 0.359. The first-order valence-electron chi connectivity index (χ1n) is 10.5. The van der Waals surface area contributed by atoms with Crippen LogP contribution < -0.4 is 23.8 Å². The van der Waals surface area contributed by atoms with Crippen LogP contribution in [0, 0.1) is 0 Å². The molecule has 34 heavy (non-hydrogen) atoms. The van der Waals surface area contributed by atoms with Gasteiger partial charge in [-0.05, 0) is 47.5 Å². The van der Waals surface area contributed by atoms with Gasteiger partial charge in [0.15, 0.2) is 16.6 Å². The molecular formula is C25H21N3O5S. The minimum Gasteiger partial charge on any atom is -0.495 e. The Morgan fingerprint density at radius 2 is 1.94 bits per heavy atom. The van der Waals surface area contributed by atoms with Crippen molar-refractivity contribution in [3.05, 3.63) is 72.1 Å². The molecule has 0 atom stereocenters. The second-order valence-corrected chi connectivity index (χ2v) is 8.35. The van der Waals surface area contributed by atoms with Crippen LogP contribution in [-0.2, 0) is 11.3 Å². The summed E-state index contributed by atoms with van der Waals surface area (Å²) in [6, 6.07) is 12.9. The third kappa shape index (κ3) is 4.25. The minimum absolute atomic E-state index is 0.199. The number of amides is 1. The minimum atomic E-state index is -0.224. The van der Waals surface area contributed by atoms with Crippen LogP contribution >= 0.6 is 11.3 Å². The first-order valence-corrected chi connectivity index (χ1v) is 11.3. The molecule has 0 saturated heterocycles. The Balaban J connectivity index is 1.51. The van der Waals surface area contributed by atoms with Gasteiger partial charge < -0.3 is 18.9 Å². The largest absolute Gasteiger partial charge is 0.495 e. The molecule has 1 amide bonds. The van der Waals surface area contributed by atoms with Gasteiger partial charge in [0.25, 0.3) is 5.91 Å².